The van der Waals surface area contributed by atoms with Crippen molar-refractivity contribution in [2.75, 3.05) is 13.1 Å². The molecule has 1 N–H and O–H groups in total. The lowest BCUT2D eigenvalue weighted by Gasteiger charge is -2.44. The Morgan fingerprint density at radius 2 is 2.11 bits per heavy atom. The predicted octanol–water partition coefficient (Wildman–Crippen LogP) is 3.30. The average molecular weight is 267 g/mol. The van der Waals surface area contributed by atoms with E-state index < -0.39 is 0 Å². The normalized spacial score (nSPS) is 24.1. The van der Waals surface area contributed by atoms with Gasteiger partial charge in [-0.25, -0.2) is 0 Å². The van der Waals surface area contributed by atoms with E-state index in [1.807, 2.05) is 12.1 Å². The number of halogens is 1. The number of benzene rings is 1. The first-order valence-corrected chi connectivity index (χ1v) is 7.12. The number of piperazine rings is 1. The van der Waals surface area contributed by atoms with Crippen LogP contribution in [0, 0.1) is 0 Å². The highest BCUT2D eigenvalue weighted by Crippen LogP contribution is 2.23. The Hall–Kier alpha value is -0.570. The molecular weight excluding hydrogens is 244 g/mol. The minimum absolute atomic E-state index is 0.187. The van der Waals surface area contributed by atoms with Crippen molar-refractivity contribution in [2.24, 2.45) is 0 Å². The molecule has 3 heteroatoms. The molecule has 1 atom stereocenters. The summed E-state index contributed by atoms with van der Waals surface area (Å²) in [4.78, 5) is 2.55. The first-order valence-electron chi connectivity index (χ1n) is 6.74. The molecule has 1 heterocycles. The summed E-state index contributed by atoms with van der Waals surface area (Å²) in [5.41, 5.74) is 1.42. The van der Waals surface area contributed by atoms with Crippen molar-refractivity contribution < 1.29 is 0 Å². The van der Waals surface area contributed by atoms with Crippen LogP contribution in [0.3, 0.4) is 0 Å². The van der Waals surface area contributed by atoms with Crippen LogP contribution in [0.25, 0.3) is 0 Å². The Kier molecular flexibility index (Phi) is 4.31. The minimum Gasteiger partial charge on any atom is -0.309 e. The molecule has 1 aromatic rings. The van der Waals surface area contributed by atoms with E-state index in [0.29, 0.717) is 6.04 Å². The smallest absolute Gasteiger partial charge is 0.0451 e. The molecule has 18 heavy (non-hydrogen) atoms. The fourth-order valence-corrected chi connectivity index (χ4v) is 2.84. The number of nitrogens with one attached hydrogen (secondary N) is 1. The third-order valence-electron chi connectivity index (χ3n) is 3.73. The zero-order valence-electron chi connectivity index (χ0n) is 11.5. The fraction of sp³-hybridized carbons (Fsp3) is 0.600. The molecule has 2 rings (SSSR count). The van der Waals surface area contributed by atoms with E-state index in [-0.39, 0.29) is 5.54 Å². The fourth-order valence-electron chi connectivity index (χ4n) is 2.65. The van der Waals surface area contributed by atoms with Crippen molar-refractivity contribution in [3.05, 3.63) is 34.9 Å². The maximum atomic E-state index is 6.26. The molecule has 1 aromatic carbocycles. The summed E-state index contributed by atoms with van der Waals surface area (Å²) in [5.74, 6) is 0. The molecule has 0 radical (unpaired) electrons. The highest BCUT2D eigenvalue weighted by molar-refractivity contribution is 6.31. The lowest BCUT2D eigenvalue weighted by Crippen LogP contribution is -2.61. The van der Waals surface area contributed by atoms with E-state index in [9.17, 15) is 0 Å². The molecule has 1 aliphatic heterocycles. The molecule has 0 aliphatic carbocycles. The summed E-state index contributed by atoms with van der Waals surface area (Å²) in [7, 11) is 0. The molecule has 1 unspecified atom stereocenters. The molecule has 0 saturated carbocycles. The van der Waals surface area contributed by atoms with E-state index in [1.165, 1.54) is 12.0 Å². The van der Waals surface area contributed by atoms with Crippen LogP contribution in [-0.2, 0) is 6.54 Å². The van der Waals surface area contributed by atoms with Crippen molar-refractivity contribution in [3.8, 4) is 0 Å². The Labute approximate surface area is 115 Å². The van der Waals surface area contributed by atoms with Gasteiger partial charge in [-0.2, -0.15) is 0 Å². The monoisotopic (exact) mass is 266 g/mol. The Bertz CT molecular complexity index is 403. The van der Waals surface area contributed by atoms with Crippen molar-refractivity contribution >= 4 is 11.6 Å². The van der Waals surface area contributed by atoms with Gasteiger partial charge in [0.2, 0.25) is 0 Å². The van der Waals surface area contributed by atoms with Crippen LogP contribution in [0.2, 0.25) is 5.02 Å². The van der Waals surface area contributed by atoms with Gasteiger partial charge in [-0.3, -0.25) is 4.90 Å². The van der Waals surface area contributed by atoms with E-state index in [0.717, 1.165) is 24.7 Å². The van der Waals surface area contributed by atoms with Crippen LogP contribution < -0.4 is 5.32 Å². The summed E-state index contributed by atoms with van der Waals surface area (Å²) in [6.07, 6.45) is 1.17. The van der Waals surface area contributed by atoms with Crippen LogP contribution in [0.5, 0.6) is 0 Å². The van der Waals surface area contributed by atoms with E-state index in [1.54, 1.807) is 0 Å². The SMILES string of the molecule is CCC1CNC(C)(C)CN1Cc1ccccc1Cl. The van der Waals surface area contributed by atoms with Gasteiger partial charge in [0.1, 0.15) is 0 Å². The van der Waals surface area contributed by atoms with E-state index in [4.69, 9.17) is 11.6 Å². The van der Waals surface area contributed by atoms with E-state index in [2.05, 4.69) is 43.1 Å². The van der Waals surface area contributed by atoms with Gasteiger partial charge in [-0.1, -0.05) is 36.7 Å². The molecule has 2 nitrogen and oxygen atoms in total. The maximum Gasteiger partial charge on any atom is 0.0451 e. The van der Waals surface area contributed by atoms with Gasteiger partial charge in [0.05, 0.1) is 0 Å². The molecule has 100 valence electrons. The summed E-state index contributed by atoms with van der Waals surface area (Å²) in [5, 5.41) is 4.49. The van der Waals surface area contributed by atoms with Crippen LogP contribution >= 0.6 is 11.6 Å². The molecule has 1 aliphatic rings. The number of nitrogens with zero attached hydrogens (tertiary/aromatic N) is 1. The molecule has 0 spiro atoms. The highest BCUT2D eigenvalue weighted by Gasteiger charge is 2.31. The second kappa shape index (κ2) is 5.60. The third kappa shape index (κ3) is 3.25. The standard InChI is InChI=1S/C15H23ClN2/c1-4-13-9-17-15(2,3)11-18(13)10-12-7-5-6-8-14(12)16/h5-8,13,17H,4,9-11H2,1-3H3. The minimum atomic E-state index is 0.187. The average Bonchev–Trinajstić information content (AvgIpc) is 2.31. The molecular formula is C15H23ClN2. The summed E-state index contributed by atoms with van der Waals surface area (Å²) >= 11 is 6.26. The van der Waals surface area contributed by atoms with Crippen LogP contribution in [0.4, 0.5) is 0 Å². The molecule has 1 saturated heterocycles. The van der Waals surface area contributed by atoms with Crippen molar-refractivity contribution in [1.82, 2.24) is 10.2 Å². The number of hydrogen-bond donors (Lipinski definition) is 1. The van der Waals surface area contributed by atoms with Gasteiger partial charge >= 0.3 is 0 Å². The Morgan fingerprint density at radius 3 is 2.78 bits per heavy atom. The van der Waals surface area contributed by atoms with Gasteiger partial charge in [0.25, 0.3) is 0 Å². The third-order valence-corrected chi connectivity index (χ3v) is 4.10. The quantitative estimate of drug-likeness (QED) is 0.903. The zero-order chi connectivity index (χ0) is 13.2. The van der Waals surface area contributed by atoms with Gasteiger partial charge in [-0.05, 0) is 31.9 Å². The summed E-state index contributed by atoms with van der Waals surface area (Å²) < 4.78 is 0. The topological polar surface area (TPSA) is 15.3 Å². The second-order valence-electron chi connectivity index (χ2n) is 5.82. The van der Waals surface area contributed by atoms with Crippen LogP contribution in [-0.4, -0.2) is 29.6 Å². The maximum absolute atomic E-state index is 6.26. The summed E-state index contributed by atoms with van der Waals surface area (Å²) in [6, 6.07) is 8.77. The second-order valence-corrected chi connectivity index (χ2v) is 6.23. The summed E-state index contributed by atoms with van der Waals surface area (Å²) in [6.45, 7) is 9.86. The molecule has 0 bridgehead atoms. The lowest BCUT2D eigenvalue weighted by molar-refractivity contribution is 0.0859. The van der Waals surface area contributed by atoms with Crippen molar-refractivity contribution in [3.63, 3.8) is 0 Å². The molecule has 1 fully saturated rings. The number of rotatable bonds is 3. The first kappa shape index (κ1) is 13.9. The molecule has 0 amide bonds. The van der Waals surface area contributed by atoms with E-state index >= 15 is 0 Å². The predicted molar refractivity (Wildman–Crippen MR) is 78.0 cm³/mol. The van der Waals surface area contributed by atoms with Gasteiger partial charge in [0.15, 0.2) is 0 Å². The Morgan fingerprint density at radius 1 is 1.39 bits per heavy atom. The van der Waals surface area contributed by atoms with Crippen molar-refractivity contribution in [2.45, 2.75) is 45.3 Å². The first-order chi connectivity index (χ1) is 8.52. The van der Waals surface area contributed by atoms with Gasteiger partial charge in [-0.15, -0.1) is 0 Å². The largest absolute Gasteiger partial charge is 0.309 e. The molecule has 0 aromatic heterocycles. The van der Waals surface area contributed by atoms with Gasteiger partial charge < -0.3 is 5.32 Å². The number of hydrogen-bond acceptors (Lipinski definition) is 2. The lowest BCUT2D eigenvalue weighted by atomic mass is 9.97. The zero-order valence-corrected chi connectivity index (χ0v) is 12.3. The van der Waals surface area contributed by atoms with Crippen molar-refractivity contribution in [1.29, 1.82) is 0 Å². The highest BCUT2D eigenvalue weighted by atomic mass is 35.5. The van der Waals surface area contributed by atoms with Gasteiger partial charge in [0, 0.05) is 36.2 Å². The van der Waals surface area contributed by atoms with Crippen LogP contribution in [0.1, 0.15) is 32.8 Å². The van der Waals surface area contributed by atoms with Crippen LogP contribution in [0.15, 0.2) is 24.3 Å². The Balaban J connectivity index is 2.12.